The quantitative estimate of drug-likeness (QED) is 0.582. The van der Waals surface area contributed by atoms with Crippen LogP contribution in [0.1, 0.15) is 17.5 Å². The van der Waals surface area contributed by atoms with Gasteiger partial charge in [0.15, 0.2) is 0 Å². The van der Waals surface area contributed by atoms with Gasteiger partial charge in [-0.2, -0.15) is 0 Å². The van der Waals surface area contributed by atoms with E-state index in [1.807, 2.05) is 31.2 Å². The summed E-state index contributed by atoms with van der Waals surface area (Å²) in [6.45, 7) is 2.02. The smallest absolute Gasteiger partial charge is 0.289 e. The zero-order valence-corrected chi connectivity index (χ0v) is 9.77. The second-order valence-corrected chi connectivity index (χ2v) is 3.87. The molecule has 1 rings (SSSR count). The van der Waals surface area contributed by atoms with Gasteiger partial charge in [-0.15, -0.1) is 0 Å². The van der Waals surface area contributed by atoms with Crippen molar-refractivity contribution in [2.45, 2.75) is 19.8 Å². The Morgan fingerprint density at radius 2 is 1.88 bits per heavy atom. The van der Waals surface area contributed by atoms with E-state index in [0.29, 0.717) is 12.1 Å². The minimum Gasteiger partial charge on any atom is -0.402 e. The molecule has 0 aliphatic heterocycles. The van der Waals surface area contributed by atoms with Gasteiger partial charge in [0.1, 0.15) is 0 Å². The fourth-order valence-corrected chi connectivity index (χ4v) is 1.48. The Balaban J connectivity index is 2.60. The monoisotopic (exact) mass is 232 g/mol. The number of benzene rings is 1. The largest absolute Gasteiger partial charge is 0.402 e. The van der Waals surface area contributed by atoms with Gasteiger partial charge in [0.25, 0.3) is 5.91 Å². The van der Waals surface area contributed by atoms with E-state index in [2.05, 4.69) is 0 Å². The summed E-state index contributed by atoms with van der Waals surface area (Å²) in [4.78, 5) is 21.5. The number of rotatable bonds is 5. The van der Waals surface area contributed by atoms with Crippen molar-refractivity contribution in [2.75, 3.05) is 0 Å². The van der Waals surface area contributed by atoms with Crippen LogP contribution in [0.25, 0.3) is 0 Å². The molecule has 0 bridgehead atoms. The highest BCUT2D eigenvalue weighted by Gasteiger charge is 2.06. The summed E-state index contributed by atoms with van der Waals surface area (Å²) in [6, 6.07) is 7.95. The molecule has 0 aliphatic carbocycles. The van der Waals surface area contributed by atoms with Crippen molar-refractivity contribution in [1.29, 1.82) is 0 Å². The zero-order valence-electron chi connectivity index (χ0n) is 9.77. The minimum atomic E-state index is -0.983. The van der Waals surface area contributed by atoms with Crippen molar-refractivity contribution >= 4 is 11.7 Å². The molecule has 17 heavy (non-hydrogen) atoms. The third-order valence-electron chi connectivity index (χ3n) is 2.50. The number of hydrogen-bond donors (Lipinski definition) is 2. The average molecular weight is 232 g/mol. The summed E-state index contributed by atoms with van der Waals surface area (Å²) in [7, 11) is 0. The summed E-state index contributed by atoms with van der Waals surface area (Å²) >= 11 is 0. The molecule has 0 aromatic heterocycles. The van der Waals surface area contributed by atoms with Gasteiger partial charge in [-0.25, -0.2) is 0 Å². The Bertz CT molecular complexity index is 464. The Labute approximate surface area is 100 Å². The summed E-state index contributed by atoms with van der Waals surface area (Å²) in [5.74, 6) is -1.74. The Kier molecular flexibility index (Phi) is 4.46. The van der Waals surface area contributed by atoms with Gasteiger partial charge in [0.2, 0.25) is 5.78 Å². The van der Waals surface area contributed by atoms with Gasteiger partial charge >= 0.3 is 0 Å². The lowest BCUT2D eigenvalue weighted by Crippen LogP contribution is -2.22. The molecule has 0 radical (unpaired) electrons. The Hall–Kier alpha value is -2.10. The molecule has 1 aromatic carbocycles. The molecule has 0 heterocycles. The predicted octanol–water partition coefficient (Wildman–Crippen LogP) is 0.825. The summed E-state index contributed by atoms with van der Waals surface area (Å²) < 4.78 is 0. The van der Waals surface area contributed by atoms with Crippen LogP contribution in [0.2, 0.25) is 0 Å². The molecule has 0 fully saturated rings. The number of carbonyl (C=O) groups is 2. The summed E-state index contributed by atoms with van der Waals surface area (Å²) in [5.41, 5.74) is 13.2. The van der Waals surface area contributed by atoms with E-state index in [-0.39, 0.29) is 0 Å². The molecule has 0 aliphatic rings. The topological polar surface area (TPSA) is 86.2 Å². The fourth-order valence-electron chi connectivity index (χ4n) is 1.48. The maximum atomic E-state index is 11.0. The first-order chi connectivity index (χ1) is 8.00. The molecule has 0 spiro atoms. The van der Waals surface area contributed by atoms with Crippen LogP contribution in [0.4, 0.5) is 0 Å². The van der Waals surface area contributed by atoms with Gasteiger partial charge in [-0.05, 0) is 30.9 Å². The van der Waals surface area contributed by atoms with Crippen molar-refractivity contribution in [2.24, 2.45) is 11.5 Å². The van der Waals surface area contributed by atoms with Crippen LogP contribution in [-0.4, -0.2) is 11.7 Å². The lowest BCUT2D eigenvalue weighted by molar-refractivity contribution is -0.133. The van der Waals surface area contributed by atoms with Crippen LogP contribution in [0, 0.1) is 6.92 Å². The van der Waals surface area contributed by atoms with E-state index < -0.39 is 11.7 Å². The van der Waals surface area contributed by atoms with E-state index in [9.17, 15) is 9.59 Å². The SMILES string of the molecule is Cc1ccccc1CC/C(N)=C/C(=O)C(N)=O. The van der Waals surface area contributed by atoms with E-state index >= 15 is 0 Å². The first kappa shape index (κ1) is 13.0. The van der Waals surface area contributed by atoms with Crippen LogP contribution in [0.5, 0.6) is 0 Å². The van der Waals surface area contributed by atoms with Crippen LogP contribution in [0.3, 0.4) is 0 Å². The van der Waals surface area contributed by atoms with Gasteiger partial charge in [-0.1, -0.05) is 24.3 Å². The Morgan fingerprint density at radius 1 is 1.24 bits per heavy atom. The predicted molar refractivity (Wildman–Crippen MR) is 66.0 cm³/mol. The molecule has 4 heteroatoms. The van der Waals surface area contributed by atoms with Crippen LogP contribution < -0.4 is 11.5 Å². The highest BCUT2D eigenvalue weighted by Crippen LogP contribution is 2.11. The van der Waals surface area contributed by atoms with Crippen molar-refractivity contribution in [3.63, 3.8) is 0 Å². The van der Waals surface area contributed by atoms with E-state index in [1.54, 1.807) is 0 Å². The number of carbonyl (C=O) groups excluding carboxylic acids is 2. The van der Waals surface area contributed by atoms with Crippen molar-refractivity contribution in [3.8, 4) is 0 Å². The molecule has 4 N–H and O–H groups in total. The van der Waals surface area contributed by atoms with Crippen molar-refractivity contribution in [3.05, 3.63) is 47.2 Å². The lowest BCUT2D eigenvalue weighted by atomic mass is 10.0. The lowest BCUT2D eigenvalue weighted by Gasteiger charge is -2.05. The molecule has 4 nitrogen and oxygen atoms in total. The minimum absolute atomic E-state index is 0.372. The van der Waals surface area contributed by atoms with Gasteiger partial charge < -0.3 is 11.5 Å². The summed E-state index contributed by atoms with van der Waals surface area (Å²) in [5, 5.41) is 0. The van der Waals surface area contributed by atoms with Crippen molar-refractivity contribution in [1.82, 2.24) is 0 Å². The van der Waals surface area contributed by atoms with E-state index in [1.165, 1.54) is 11.1 Å². The first-order valence-corrected chi connectivity index (χ1v) is 5.35. The number of primary amides is 1. The van der Waals surface area contributed by atoms with Gasteiger partial charge in [0.05, 0.1) is 0 Å². The van der Waals surface area contributed by atoms with Crippen LogP contribution in [-0.2, 0) is 16.0 Å². The summed E-state index contributed by atoms with van der Waals surface area (Å²) in [6.07, 6.45) is 2.37. The highest BCUT2D eigenvalue weighted by atomic mass is 16.2. The number of nitrogens with two attached hydrogens (primary N) is 2. The maximum Gasteiger partial charge on any atom is 0.289 e. The number of allylic oxidation sites excluding steroid dienone is 1. The van der Waals surface area contributed by atoms with Crippen molar-refractivity contribution < 1.29 is 9.59 Å². The third kappa shape index (κ3) is 4.10. The number of amides is 1. The molecule has 90 valence electrons. The Morgan fingerprint density at radius 3 is 2.47 bits per heavy atom. The molecule has 0 saturated carbocycles. The highest BCUT2D eigenvalue weighted by molar-refractivity contribution is 6.40. The second kappa shape index (κ2) is 5.84. The standard InChI is InChI=1S/C13H16N2O2/c1-9-4-2-3-5-10(9)6-7-11(14)8-12(16)13(15)17/h2-5,8H,6-7,14H2,1H3,(H2,15,17)/b11-8-. The van der Waals surface area contributed by atoms with Gasteiger partial charge in [0, 0.05) is 11.8 Å². The molecular formula is C13H16N2O2. The van der Waals surface area contributed by atoms with Gasteiger partial charge in [-0.3, -0.25) is 9.59 Å². The molecule has 0 unspecified atom stereocenters. The normalized spacial score (nSPS) is 11.2. The molecule has 1 amide bonds. The second-order valence-electron chi connectivity index (χ2n) is 3.87. The molecule has 0 atom stereocenters. The maximum absolute atomic E-state index is 11.0. The van der Waals surface area contributed by atoms with E-state index in [4.69, 9.17) is 11.5 Å². The number of aryl methyl sites for hydroxylation is 2. The number of ketones is 1. The van der Waals surface area contributed by atoms with E-state index in [0.717, 1.165) is 12.5 Å². The molecule has 1 aromatic rings. The third-order valence-corrected chi connectivity index (χ3v) is 2.50. The van der Waals surface area contributed by atoms with Crippen LogP contribution >= 0.6 is 0 Å². The number of hydrogen-bond acceptors (Lipinski definition) is 3. The van der Waals surface area contributed by atoms with Crippen LogP contribution in [0.15, 0.2) is 36.0 Å². The molecule has 0 saturated heterocycles. The molecular weight excluding hydrogens is 216 g/mol. The fraction of sp³-hybridized carbons (Fsp3) is 0.231. The first-order valence-electron chi connectivity index (χ1n) is 5.35. The zero-order chi connectivity index (χ0) is 12.8. The average Bonchev–Trinajstić information content (AvgIpc) is 2.27.